The number of hydrogen-bond acceptors (Lipinski definition) is 2. The summed E-state index contributed by atoms with van der Waals surface area (Å²) in [7, 11) is 2.01. The number of likely N-dealkylation sites (N-methyl/N-ethyl adjacent to an activating group) is 1. The van der Waals surface area contributed by atoms with Crippen LogP contribution >= 0.6 is 0 Å². The van der Waals surface area contributed by atoms with Gasteiger partial charge >= 0.3 is 0 Å². The number of ether oxygens (including phenoxy) is 1. The molecule has 1 N–H and O–H groups in total. The van der Waals surface area contributed by atoms with Gasteiger partial charge in [0.05, 0.1) is 12.1 Å². The van der Waals surface area contributed by atoms with Gasteiger partial charge < -0.3 is 10.1 Å². The van der Waals surface area contributed by atoms with Crippen molar-refractivity contribution >= 4 is 0 Å². The Morgan fingerprint density at radius 1 is 1.31 bits per heavy atom. The standard InChI is InChI=1S/C14H21NO/c1-10-4-6-12(7-5-10)13(15-3)14-11(2)8-9-16-14/h4-7,11,13-15H,8-9H2,1-3H3. The maximum Gasteiger partial charge on any atom is 0.0795 e. The first kappa shape index (κ1) is 11.6. The molecule has 1 fully saturated rings. The number of benzene rings is 1. The maximum atomic E-state index is 5.84. The van der Waals surface area contributed by atoms with E-state index in [0.29, 0.717) is 18.1 Å². The van der Waals surface area contributed by atoms with Crippen molar-refractivity contribution < 1.29 is 4.74 Å². The molecule has 1 aromatic rings. The second-order valence-electron chi connectivity index (χ2n) is 4.78. The molecule has 0 radical (unpaired) electrons. The molecule has 3 unspecified atom stereocenters. The van der Waals surface area contributed by atoms with Crippen molar-refractivity contribution in [1.29, 1.82) is 0 Å². The minimum Gasteiger partial charge on any atom is -0.376 e. The van der Waals surface area contributed by atoms with Gasteiger partial charge in [-0.1, -0.05) is 36.8 Å². The molecule has 0 saturated carbocycles. The van der Waals surface area contributed by atoms with Gasteiger partial charge in [-0.2, -0.15) is 0 Å². The molecule has 16 heavy (non-hydrogen) atoms. The molecule has 0 aliphatic carbocycles. The van der Waals surface area contributed by atoms with Crippen LogP contribution in [0, 0.1) is 12.8 Å². The van der Waals surface area contributed by atoms with E-state index in [1.165, 1.54) is 17.5 Å². The summed E-state index contributed by atoms with van der Waals surface area (Å²) in [6.07, 6.45) is 1.49. The van der Waals surface area contributed by atoms with Gasteiger partial charge in [0.2, 0.25) is 0 Å². The molecular weight excluding hydrogens is 198 g/mol. The number of rotatable bonds is 3. The van der Waals surface area contributed by atoms with Crippen molar-refractivity contribution in [2.45, 2.75) is 32.4 Å². The summed E-state index contributed by atoms with van der Waals surface area (Å²) in [5.41, 5.74) is 2.63. The van der Waals surface area contributed by atoms with Gasteiger partial charge in [0, 0.05) is 6.61 Å². The van der Waals surface area contributed by atoms with Gasteiger partial charge in [-0.15, -0.1) is 0 Å². The third kappa shape index (κ3) is 2.28. The van der Waals surface area contributed by atoms with Crippen LogP contribution in [0.25, 0.3) is 0 Å². The lowest BCUT2D eigenvalue weighted by Crippen LogP contribution is -2.32. The number of aryl methyl sites for hydroxylation is 1. The van der Waals surface area contributed by atoms with Crippen LogP contribution in [0.2, 0.25) is 0 Å². The summed E-state index contributed by atoms with van der Waals surface area (Å²) in [4.78, 5) is 0. The van der Waals surface area contributed by atoms with Crippen molar-refractivity contribution in [1.82, 2.24) is 5.32 Å². The monoisotopic (exact) mass is 219 g/mol. The Bertz CT molecular complexity index is 333. The second-order valence-corrected chi connectivity index (χ2v) is 4.78. The molecular formula is C14H21NO. The first-order valence-corrected chi connectivity index (χ1v) is 6.08. The maximum absolute atomic E-state index is 5.84. The lowest BCUT2D eigenvalue weighted by Gasteiger charge is -2.26. The zero-order valence-corrected chi connectivity index (χ0v) is 10.4. The van der Waals surface area contributed by atoms with E-state index in [-0.39, 0.29) is 0 Å². The number of hydrogen-bond donors (Lipinski definition) is 1. The highest BCUT2D eigenvalue weighted by atomic mass is 16.5. The van der Waals surface area contributed by atoms with Crippen LogP contribution in [-0.4, -0.2) is 19.8 Å². The van der Waals surface area contributed by atoms with E-state index in [1.807, 2.05) is 7.05 Å². The molecule has 0 bridgehead atoms. The summed E-state index contributed by atoms with van der Waals surface area (Å²) in [5.74, 6) is 0.638. The molecule has 0 spiro atoms. The third-order valence-corrected chi connectivity index (χ3v) is 3.52. The molecule has 1 aromatic carbocycles. The van der Waals surface area contributed by atoms with E-state index >= 15 is 0 Å². The topological polar surface area (TPSA) is 21.3 Å². The van der Waals surface area contributed by atoms with Crippen molar-refractivity contribution in [3.05, 3.63) is 35.4 Å². The largest absolute Gasteiger partial charge is 0.376 e. The quantitative estimate of drug-likeness (QED) is 0.844. The van der Waals surface area contributed by atoms with Crippen LogP contribution in [-0.2, 0) is 4.74 Å². The Hall–Kier alpha value is -0.860. The van der Waals surface area contributed by atoms with E-state index in [1.54, 1.807) is 0 Å². The normalized spacial score (nSPS) is 26.9. The molecule has 2 nitrogen and oxygen atoms in total. The van der Waals surface area contributed by atoms with Crippen molar-refractivity contribution in [2.75, 3.05) is 13.7 Å². The second kappa shape index (κ2) is 4.98. The first-order chi connectivity index (χ1) is 7.72. The number of nitrogens with one attached hydrogen (secondary N) is 1. The predicted molar refractivity (Wildman–Crippen MR) is 66.5 cm³/mol. The zero-order valence-electron chi connectivity index (χ0n) is 10.4. The van der Waals surface area contributed by atoms with Crippen molar-refractivity contribution in [3.8, 4) is 0 Å². The van der Waals surface area contributed by atoms with Crippen LogP contribution in [0.5, 0.6) is 0 Å². The molecule has 1 aliphatic rings. The summed E-state index contributed by atoms with van der Waals surface area (Å²) >= 11 is 0. The van der Waals surface area contributed by atoms with Crippen LogP contribution in [0.4, 0.5) is 0 Å². The van der Waals surface area contributed by atoms with Crippen LogP contribution in [0.1, 0.15) is 30.5 Å². The van der Waals surface area contributed by atoms with Gasteiger partial charge in [-0.3, -0.25) is 0 Å². The molecule has 2 rings (SSSR count). The van der Waals surface area contributed by atoms with E-state index in [0.717, 1.165) is 6.61 Å². The molecule has 0 amide bonds. The zero-order chi connectivity index (χ0) is 11.5. The van der Waals surface area contributed by atoms with E-state index in [9.17, 15) is 0 Å². The summed E-state index contributed by atoms with van der Waals surface area (Å²) in [5, 5.41) is 3.39. The molecule has 2 heteroatoms. The summed E-state index contributed by atoms with van der Waals surface area (Å²) in [6, 6.07) is 9.05. The highest BCUT2D eigenvalue weighted by Gasteiger charge is 2.31. The van der Waals surface area contributed by atoms with E-state index in [2.05, 4.69) is 43.4 Å². The predicted octanol–water partition coefficient (Wildman–Crippen LogP) is 2.68. The third-order valence-electron chi connectivity index (χ3n) is 3.52. The average molecular weight is 219 g/mol. The Balaban J connectivity index is 2.18. The fraction of sp³-hybridized carbons (Fsp3) is 0.571. The molecule has 1 aliphatic heterocycles. The van der Waals surface area contributed by atoms with Gasteiger partial charge in [0.1, 0.15) is 0 Å². The van der Waals surface area contributed by atoms with Gasteiger partial charge in [0.25, 0.3) is 0 Å². The van der Waals surface area contributed by atoms with Crippen molar-refractivity contribution in [2.24, 2.45) is 5.92 Å². The Kier molecular flexibility index (Phi) is 3.62. The lowest BCUT2D eigenvalue weighted by molar-refractivity contribution is 0.0631. The molecule has 1 heterocycles. The van der Waals surface area contributed by atoms with Crippen LogP contribution in [0.15, 0.2) is 24.3 Å². The Morgan fingerprint density at radius 2 is 2.00 bits per heavy atom. The molecule has 3 atom stereocenters. The Morgan fingerprint density at radius 3 is 2.50 bits per heavy atom. The van der Waals surface area contributed by atoms with Gasteiger partial charge in [-0.25, -0.2) is 0 Å². The Labute approximate surface area is 98.0 Å². The van der Waals surface area contributed by atoms with Crippen LogP contribution < -0.4 is 5.32 Å². The van der Waals surface area contributed by atoms with Crippen LogP contribution in [0.3, 0.4) is 0 Å². The average Bonchev–Trinajstić information content (AvgIpc) is 2.69. The van der Waals surface area contributed by atoms with E-state index in [4.69, 9.17) is 4.74 Å². The van der Waals surface area contributed by atoms with Gasteiger partial charge in [0.15, 0.2) is 0 Å². The van der Waals surface area contributed by atoms with Crippen molar-refractivity contribution in [3.63, 3.8) is 0 Å². The fourth-order valence-corrected chi connectivity index (χ4v) is 2.44. The molecule has 0 aromatic heterocycles. The highest BCUT2D eigenvalue weighted by molar-refractivity contribution is 5.25. The lowest BCUT2D eigenvalue weighted by atomic mass is 9.92. The highest BCUT2D eigenvalue weighted by Crippen LogP contribution is 2.31. The first-order valence-electron chi connectivity index (χ1n) is 6.08. The minimum absolute atomic E-state index is 0.313. The van der Waals surface area contributed by atoms with E-state index < -0.39 is 0 Å². The minimum atomic E-state index is 0.313. The molecule has 1 saturated heterocycles. The summed E-state index contributed by atoms with van der Waals surface area (Å²) < 4.78 is 5.84. The fourth-order valence-electron chi connectivity index (χ4n) is 2.44. The molecule has 88 valence electrons. The smallest absolute Gasteiger partial charge is 0.0795 e. The SMILES string of the molecule is CNC(c1ccc(C)cc1)C1OCCC1C. The van der Waals surface area contributed by atoms with Gasteiger partial charge in [-0.05, 0) is 31.9 Å². The summed E-state index contributed by atoms with van der Waals surface area (Å²) in [6.45, 7) is 5.29.